The lowest BCUT2D eigenvalue weighted by atomic mass is 9.76. The number of guanidine groups is 1. The summed E-state index contributed by atoms with van der Waals surface area (Å²) in [6, 6.07) is 0. The number of hydrogen-bond donors (Lipinski definition) is 2. The summed E-state index contributed by atoms with van der Waals surface area (Å²) < 4.78 is 0. The number of nitrogens with zero attached hydrogens (tertiary/aromatic N) is 2. The van der Waals surface area contributed by atoms with Gasteiger partial charge in [-0.2, -0.15) is 0 Å². The van der Waals surface area contributed by atoms with E-state index in [1.807, 2.05) is 0 Å². The maximum absolute atomic E-state index is 5.29. The SMILES string of the molecule is CN(C)C1(CN=C(N)N)CCC1. The predicted molar refractivity (Wildman–Crippen MR) is 50.9 cm³/mol. The van der Waals surface area contributed by atoms with E-state index in [-0.39, 0.29) is 11.5 Å². The van der Waals surface area contributed by atoms with E-state index in [1.54, 1.807) is 0 Å². The van der Waals surface area contributed by atoms with Gasteiger partial charge in [0.25, 0.3) is 0 Å². The Hall–Kier alpha value is -0.770. The van der Waals surface area contributed by atoms with Crippen molar-refractivity contribution in [3.05, 3.63) is 0 Å². The predicted octanol–water partition coefficient (Wildman–Crippen LogP) is -0.256. The second kappa shape index (κ2) is 3.31. The molecular weight excluding hydrogens is 152 g/mol. The molecule has 0 aromatic heterocycles. The molecule has 1 fully saturated rings. The van der Waals surface area contributed by atoms with Crippen LogP contribution in [0.3, 0.4) is 0 Å². The van der Waals surface area contributed by atoms with E-state index >= 15 is 0 Å². The van der Waals surface area contributed by atoms with Gasteiger partial charge in [-0.3, -0.25) is 4.99 Å². The summed E-state index contributed by atoms with van der Waals surface area (Å²) in [6.07, 6.45) is 3.70. The molecule has 0 aromatic carbocycles. The van der Waals surface area contributed by atoms with Crippen molar-refractivity contribution in [2.45, 2.75) is 24.8 Å². The summed E-state index contributed by atoms with van der Waals surface area (Å²) in [7, 11) is 4.17. The van der Waals surface area contributed by atoms with Gasteiger partial charge in [0.2, 0.25) is 0 Å². The van der Waals surface area contributed by atoms with Crippen LogP contribution in [-0.2, 0) is 0 Å². The summed E-state index contributed by atoms with van der Waals surface area (Å²) in [5.74, 6) is 0.197. The highest BCUT2D eigenvalue weighted by molar-refractivity contribution is 5.75. The molecule has 4 N–H and O–H groups in total. The van der Waals surface area contributed by atoms with Gasteiger partial charge < -0.3 is 16.4 Å². The molecule has 0 aromatic rings. The molecule has 0 atom stereocenters. The molecule has 1 saturated carbocycles. The monoisotopic (exact) mass is 170 g/mol. The summed E-state index contributed by atoms with van der Waals surface area (Å²) in [6.45, 7) is 0.738. The van der Waals surface area contributed by atoms with E-state index in [0.29, 0.717) is 0 Å². The molecule has 1 rings (SSSR count). The molecule has 0 aliphatic heterocycles. The Kier molecular flexibility index (Phi) is 2.57. The minimum absolute atomic E-state index is 0.197. The molecule has 70 valence electrons. The zero-order valence-electron chi connectivity index (χ0n) is 7.88. The third-order valence-electron chi connectivity index (χ3n) is 2.79. The fourth-order valence-corrected chi connectivity index (χ4v) is 1.57. The first-order valence-electron chi connectivity index (χ1n) is 4.30. The zero-order valence-corrected chi connectivity index (χ0v) is 7.88. The van der Waals surface area contributed by atoms with Gasteiger partial charge in [0.05, 0.1) is 6.54 Å². The number of aliphatic imine (C=N–C) groups is 1. The van der Waals surface area contributed by atoms with Crippen LogP contribution < -0.4 is 11.5 Å². The van der Waals surface area contributed by atoms with Crippen LogP contribution in [0.5, 0.6) is 0 Å². The van der Waals surface area contributed by atoms with Crippen LogP contribution in [0.2, 0.25) is 0 Å². The number of hydrogen-bond acceptors (Lipinski definition) is 2. The van der Waals surface area contributed by atoms with E-state index in [1.165, 1.54) is 19.3 Å². The van der Waals surface area contributed by atoms with Crippen molar-refractivity contribution in [1.29, 1.82) is 0 Å². The quantitative estimate of drug-likeness (QED) is 0.453. The average molecular weight is 170 g/mol. The molecule has 0 heterocycles. The van der Waals surface area contributed by atoms with Crippen LogP contribution in [0.15, 0.2) is 4.99 Å². The maximum atomic E-state index is 5.29. The van der Waals surface area contributed by atoms with Gasteiger partial charge in [-0.05, 0) is 33.4 Å². The van der Waals surface area contributed by atoms with Gasteiger partial charge in [-0.1, -0.05) is 0 Å². The number of nitrogens with two attached hydrogens (primary N) is 2. The molecule has 12 heavy (non-hydrogen) atoms. The van der Waals surface area contributed by atoms with E-state index < -0.39 is 0 Å². The van der Waals surface area contributed by atoms with Crippen LogP contribution in [-0.4, -0.2) is 37.0 Å². The standard InChI is InChI=1S/C8H18N4/c1-12(2)8(4-3-5-8)6-11-7(9)10/h3-6H2,1-2H3,(H4,9,10,11). The Morgan fingerprint density at radius 3 is 2.25 bits per heavy atom. The lowest BCUT2D eigenvalue weighted by Crippen LogP contribution is -2.52. The van der Waals surface area contributed by atoms with E-state index in [9.17, 15) is 0 Å². The highest BCUT2D eigenvalue weighted by atomic mass is 15.2. The van der Waals surface area contributed by atoms with Gasteiger partial charge in [0, 0.05) is 5.54 Å². The molecule has 0 saturated heterocycles. The minimum atomic E-state index is 0.197. The van der Waals surface area contributed by atoms with Crippen LogP contribution in [0, 0.1) is 0 Å². The smallest absolute Gasteiger partial charge is 0.185 e. The van der Waals surface area contributed by atoms with Gasteiger partial charge in [-0.15, -0.1) is 0 Å². The van der Waals surface area contributed by atoms with Crippen molar-refractivity contribution in [2.75, 3.05) is 20.6 Å². The Morgan fingerprint density at radius 2 is 2.00 bits per heavy atom. The Morgan fingerprint density at radius 1 is 1.42 bits per heavy atom. The van der Waals surface area contributed by atoms with E-state index in [2.05, 4.69) is 24.0 Å². The number of likely N-dealkylation sites (N-methyl/N-ethyl adjacent to an activating group) is 1. The Labute approximate surface area is 73.6 Å². The van der Waals surface area contributed by atoms with Gasteiger partial charge in [-0.25, -0.2) is 0 Å². The summed E-state index contributed by atoms with van der Waals surface area (Å²) >= 11 is 0. The molecular formula is C8H18N4. The molecule has 1 aliphatic carbocycles. The second-order valence-electron chi connectivity index (χ2n) is 3.71. The lowest BCUT2D eigenvalue weighted by molar-refractivity contribution is 0.0700. The lowest BCUT2D eigenvalue weighted by Gasteiger charge is -2.46. The van der Waals surface area contributed by atoms with Crippen molar-refractivity contribution in [1.82, 2.24) is 4.90 Å². The molecule has 0 amide bonds. The van der Waals surface area contributed by atoms with Gasteiger partial charge >= 0.3 is 0 Å². The van der Waals surface area contributed by atoms with Gasteiger partial charge in [0.15, 0.2) is 5.96 Å². The minimum Gasteiger partial charge on any atom is -0.370 e. The normalized spacial score (nSPS) is 20.2. The van der Waals surface area contributed by atoms with Crippen LogP contribution >= 0.6 is 0 Å². The highest BCUT2D eigenvalue weighted by Crippen LogP contribution is 2.36. The molecule has 0 unspecified atom stereocenters. The second-order valence-corrected chi connectivity index (χ2v) is 3.71. The molecule has 4 nitrogen and oxygen atoms in total. The molecule has 1 aliphatic rings. The number of rotatable bonds is 3. The molecule has 4 heteroatoms. The largest absolute Gasteiger partial charge is 0.370 e. The first kappa shape index (κ1) is 9.32. The van der Waals surface area contributed by atoms with Crippen molar-refractivity contribution in [3.8, 4) is 0 Å². The summed E-state index contributed by atoms with van der Waals surface area (Å²) in [5.41, 5.74) is 10.8. The highest BCUT2D eigenvalue weighted by Gasteiger charge is 2.38. The van der Waals surface area contributed by atoms with Crippen molar-refractivity contribution in [3.63, 3.8) is 0 Å². The molecule has 0 spiro atoms. The first-order chi connectivity index (χ1) is 5.57. The van der Waals surface area contributed by atoms with Gasteiger partial charge in [0.1, 0.15) is 0 Å². The summed E-state index contributed by atoms with van der Waals surface area (Å²) in [4.78, 5) is 6.30. The fraction of sp³-hybridized carbons (Fsp3) is 0.875. The topological polar surface area (TPSA) is 67.6 Å². The fourth-order valence-electron chi connectivity index (χ4n) is 1.57. The van der Waals surface area contributed by atoms with Crippen LogP contribution in [0.25, 0.3) is 0 Å². The molecule has 0 radical (unpaired) electrons. The maximum Gasteiger partial charge on any atom is 0.185 e. The van der Waals surface area contributed by atoms with E-state index in [0.717, 1.165) is 6.54 Å². The zero-order chi connectivity index (χ0) is 9.19. The molecule has 0 bridgehead atoms. The van der Waals surface area contributed by atoms with Crippen molar-refractivity contribution >= 4 is 5.96 Å². The Balaban J connectivity index is 2.51. The Bertz CT molecular complexity index is 177. The summed E-state index contributed by atoms with van der Waals surface area (Å²) in [5, 5.41) is 0. The first-order valence-corrected chi connectivity index (χ1v) is 4.30. The van der Waals surface area contributed by atoms with Crippen LogP contribution in [0.1, 0.15) is 19.3 Å². The third-order valence-corrected chi connectivity index (χ3v) is 2.79. The van der Waals surface area contributed by atoms with Crippen LogP contribution in [0.4, 0.5) is 0 Å². The van der Waals surface area contributed by atoms with Crippen molar-refractivity contribution in [2.24, 2.45) is 16.5 Å². The van der Waals surface area contributed by atoms with E-state index in [4.69, 9.17) is 11.5 Å². The average Bonchev–Trinajstić information content (AvgIpc) is 1.83. The third kappa shape index (κ3) is 1.69. The van der Waals surface area contributed by atoms with Crippen molar-refractivity contribution < 1.29 is 0 Å².